The van der Waals surface area contributed by atoms with Gasteiger partial charge in [-0.3, -0.25) is 9.36 Å². The van der Waals surface area contributed by atoms with E-state index in [2.05, 4.69) is 10.2 Å². The lowest BCUT2D eigenvalue weighted by Crippen LogP contribution is -2.09. The molecule has 7 nitrogen and oxygen atoms in total. The summed E-state index contributed by atoms with van der Waals surface area (Å²) in [4.78, 5) is 12.9. The molecule has 0 saturated carbocycles. The van der Waals surface area contributed by atoms with Crippen LogP contribution >= 0.6 is 11.8 Å². The quantitative estimate of drug-likeness (QED) is 0.250. The molecular formula is C25H25FN4O3S. The number of hydrogen-bond donors (Lipinski definition) is 0. The summed E-state index contributed by atoms with van der Waals surface area (Å²) in [5.74, 6) is 1.46. The number of thioether (sulfide) groups is 1. The van der Waals surface area contributed by atoms with Crippen LogP contribution in [0.4, 0.5) is 4.39 Å². The Morgan fingerprint density at radius 3 is 2.41 bits per heavy atom. The third kappa shape index (κ3) is 4.84. The number of aryl methyl sites for hydroxylation is 1. The molecule has 4 rings (SSSR count). The SMILES string of the molecule is COc1ccc(OCc2nnc(SCC(=O)c3cc(C)n(C)c3C)n2-c2ccccc2F)cc1. The Bertz CT molecular complexity index is 1310. The molecule has 0 spiro atoms. The molecule has 0 aliphatic carbocycles. The second-order valence-electron chi connectivity index (χ2n) is 7.71. The summed E-state index contributed by atoms with van der Waals surface area (Å²) in [6.07, 6.45) is 0. The van der Waals surface area contributed by atoms with Crippen LogP contribution in [-0.4, -0.2) is 38.0 Å². The Balaban J connectivity index is 1.58. The van der Waals surface area contributed by atoms with Crippen LogP contribution in [0.5, 0.6) is 11.5 Å². The van der Waals surface area contributed by atoms with Gasteiger partial charge in [-0.15, -0.1) is 10.2 Å². The molecular weight excluding hydrogens is 455 g/mol. The second kappa shape index (κ2) is 10.1. The maximum absolute atomic E-state index is 14.7. The first-order valence-electron chi connectivity index (χ1n) is 10.6. The van der Waals surface area contributed by atoms with Crippen molar-refractivity contribution in [3.63, 3.8) is 0 Å². The number of rotatable bonds is 9. The van der Waals surface area contributed by atoms with Gasteiger partial charge in [0.05, 0.1) is 18.6 Å². The number of ether oxygens (including phenoxy) is 2. The summed E-state index contributed by atoms with van der Waals surface area (Å²) >= 11 is 1.22. The van der Waals surface area contributed by atoms with Gasteiger partial charge >= 0.3 is 0 Å². The summed E-state index contributed by atoms with van der Waals surface area (Å²) < 4.78 is 29.3. The highest BCUT2D eigenvalue weighted by molar-refractivity contribution is 7.99. The van der Waals surface area contributed by atoms with Gasteiger partial charge in [0, 0.05) is 24.0 Å². The van der Waals surface area contributed by atoms with E-state index in [4.69, 9.17) is 9.47 Å². The van der Waals surface area contributed by atoms with Crippen molar-refractivity contribution in [1.82, 2.24) is 19.3 Å². The van der Waals surface area contributed by atoms with Crippen molar-refractivity contribution in [1.29, 1.82) is 0 Å². The maximum atomic E-state index is 14.7. The molecule has 0 saturated heterocycles. The van der Waals surface area contributed by atoms with Gasteiger partial charge in [0.15, 0.2) is 16.8 Å². The maximum Gasteiger partial charge on any atom is 0.196 e. The van der Waals surface area contributed by atoms with Crippen molar-refractivity contribution in [2.45, 2.75) is 25.6 Å². The molecule has 176 valence electrons. The lowest BCUT2D eigenvalue weighted by molar-refractivity contribution is 0.102. The number of aromatic nitrogens is 4. The Morgan fingerprint density at radius 1 is 1.06 bits per heavy atom. The highest BCUT2D eigenvalue weighted by Crippen LogP contribution is 2.26. The van der Waals surface area contributed by atoms with E-state index in [0.29, 0.717) is 33.7 Å². The standard InChI is InChI=1S/C25H25FN4O3S/c1-16-13-20(17(2)29(16)3)23(31)15-34-25-28-27-24(30(25)22-8-6-5-7-21(22)26)14-33-19-11-9-18(32-4)10-12-19/h5-13H,14-15H2,1-4H3. The van der Waals surface area contributed by atoms with Gasteiger partial charge in [0.2, 0.25) is 0 Å². The van der Waals surface area contributed by atoms with Gasteiger partial charge in [-0.25, -0.2) is 4.39 Å². The molecule has 0 atom stereocenters. The number of methoxy groups -OCH3 is 1. The predicted molar refractivity (Wildman–Crippen MR) is 129 cm³/mol. The van der Waals surface area contributed by atoms with Gasteiger partial charge in [-0.2, -0.15) is 0 Å². The molecule has 2 heterocycles. The lowest BCUT2D eigenvalue weighted by atomic mass is 10.2. The summed E-state index contributed by atoms with van der Waals surface area (Å²) in [6, 6.07) is 15.4. The second-order valence-corrected chi connectivity index (χ2v) is 8.65. The number of nitrogens with zero attached hydrogens (tertiary/aromatic N) is 4. The number of carbonyl (C=O) groups is 1. The zero-order valence-electron chi connectivity index (χ0n) is 19.4. The zero-order chi connectivity index (χ0) is 24.2. The van der Waals surface area contributed by atoms with Crippen LogP contribution in [0.2, 0.25) is 0 Å². The highest BCUT2D eigenvalue weighted by atomic mass is 32.2. The van der Waals surface area contributed by atoms with Crippen molar-refractivity contribution < 1.29 is 18.7 Å². The van der Waals surface area contributed by atoms with E-state index >= 15 is 0 Å². The van der Waals surface area contributed by atoms with Crippen molar-refractivity contribution in [3.05, 3.63) is 83.2 Å². The third-order valence-corrected chi connectivity index (χ3v) is 6.56. The summed E-state index contributed by atoms with van der Waals surface area (Å²) in [5.41, 5.74) is 2.89. The van der Waals surface area contributed by atoms with Gasteiger partial charge in [-0.1, -0.05) is 23.9 Å². The van der Waals surface area contributed by atoms with E-state index in [1.54, 1.807) is 54.1 Å². The molecule has 0 radical (unpaired) electrons. The highest BCUT2D eigenvalue weighted by Gasteiger charge is 2.20. The number of carbonyl (C=O) groups excluding carboxylic acids is 1. The van der Waals surface area contributed by atoms with E-state index in [-0.39, 0.29) is 18.1 Å². The molecule has 0 amide bonds. The first-order valence-corrected chi connectivity index (χ1v) is 11.6. The van der Waals surface area contributed by atoms with Crippen molar-refractivity contribution in [2.75, 3.05) is 12.9 Å². The Hall–Kier alpha value is -3.59. The Kier molecular flexibility index (Phi) is 7.02. The topological polar surface area (TPSA) is 71.2 Å². The number of Topliss-reactive ketones (excluding diaryl/α,β-unsaturated/α-hetero) is 1. The van der Waals surface area contributed by atoms with Crippen LogP contribution in [0.1, 0.15) is 27.6 Å². The normalized spacial score (nSPS) is 11.0. The number of hydrogen-bond acceptors (Lipinski definition) is 6. The summed E-state index contributed by atoms with van der Waals surface area (Å²) in [6.45, 7) is 3.95. The van der Waals surface area contributed by atoms with E-state index < -0.39 is 5.82 Å². The molecule has 0 N–H and O–H groups in total. The van der Waals surface area contributed by atoms with E-state index in [1.807, 2.05) is 31.5 Å². The minimum Gasteiger partial charge on any atom is -0.497 e. The Labute approximate surface area is 201 Å². The van der Waals surface area contributed by atoms with Crippen LogP contribution < -0.4 is 9.47 Å². The van der Waals surface area contributed by atoms with Crippen LogP contribution in [0.25, 0.3) is 5.69 Å². The van der Waals surface area contributed by atoms with Crippen molar-refractivity contribution in [2.24, 2.45) is 7.05 Å². The van der Waals surface area contributed by atoms with Gasteiger partial charge in [0.25, 0.3) is 0 Å². The average molecular weight is 481 g/mol. The van der Waals surface area contributed by atoms with Crippen molar-refractivity contribution in [3.8, 4) is 17.2 Å². The number of ketones is 1. The smallest absolute Gasteiger partial charge is 0.196 e. The average Bonchev–Trinajstić information content (AvgIpc) is 3.37. The Morgan fingerprint density at radius 2 is 1.76 bits per heavy atom. The monoisotopic (exact) mass is 480 g/mol. The van der Waals surface area contributed by atoms with Gasteiger partial charge in [-0.05, 0) is 56.3 Å². The fourth-order valence-corrected chi connectivity index (χ4v) is 4.37. The van der Waals surface area contributed by atoms with E-state index in [9.17, 15) is 9.18 Å². The molecule has 4 aromatic rings. The van der Waals surface area contributed by atoms with Crippen LogP contribution in [0.15, 0.2) is 59.8 Å². The van der Waals surface area contributed by atoms with E-state index in [0.717, 1.165) is 11.4 Å². The van der Waals surface area contributed by atoms with Gasteiger partial charge in [0.1, 0.15) is 23.9 Å². The predicted octanol–water partition coefficient (Wildman–Crippen LogP) is 4.92. The first kappa shape index (κ1) is 23.6. The number of para-hydroxylation sites is 1. The minimum absolute atomic E-state index is 0.0229. The molecule has 2 aromatic carbocycles. The lowest BCUT2D eigenvalue weighted by Gasteiger charge is -2.12. The molecule has 0 aliphatic heterocycles. The molecule has 0 aliphatic rings. The first-order chi connectivity index (χ1) is 16.4. The van der Waals surface area contributed by atoms with Gasteiger partial charge < -0.3 is 14.0 Å². The minimum atomic E-state index is -0.421. The van der Waals surface area contributed by atoms with Crippen LogP contribution in [0.3, 0.4) is 0 Å². The zero-order valence-corrected chi connectivity index (χ0v) is 20.2. The largest absolute Gasteiger partial charge is 0.497 e. The molecule has 34 heavy (non-hydrogen) atoms. The van der Waals surface area contributed by atoms with Crippen LogP contribution in [-0.2, 0) is 13.7 Å². The third-order valence-electron chi connectivity index (χ3n) is 5.63. The molecule has 0 unspecified atom stereocenters. The molecule has 2 aromatic heterocycles. The fourth-order valence-electron chi connectivity index (χ4n) is 3.53. The number of halogens is 1. The van der Waals surface area contributed by atoms with Crippen molar-refractivity contribution >= 4 is 17.5 Å². The number of benzene rings is 2. The molecule has 0 fully saturated rings. The van der Waals surface area contributed by atoms with E-state index in [1.165, 1.54) is 17.8 Å². The van der Waals surface area contributed by atoms with Crippen LogP contribution in [0, 0.1) is 19.7 Å². The summed E-state index contributed by atoms with van der Waals surface area (Å²) in [5, 5.41) is 8.88. The molecule has 0 bridgehead atoms. The molecule has 9 heteroatoms. The summed E-state index contributed by atoms with van der Waals surface area (Å²) in [7, 11) is 3.52. The fraction of sp³-hybridized carbons (Fsp3) is 0.240.